The number of benzene rings is 1. The summed E-state index contributed by atoms with van der Waals surface area (Å²) in [5.41, 5.74) is 1.92. The molecule has 0 bridgehead atoms. The molecule has 1 atom stereocenters. The number of nitrogens with zero attached hydrogens (tertiary/aromatic N) is 3. The van der Waals surface area contributed by atoms with Crippen LogP contribution in [0.15, 0.2) is 18.2 Å². The highest BCUT2D eigenvalue weighted by Crippen LogP contribution is 2.31. The smallest absolute Gasteiger partial charge is 0.224 e. The quantitative estimate of drug-likeness (QED) is 0.891. The Kier molecular flexibility index (Phi) is 5.43. The summed E-state index contributed by atoms with van der Waals surface area (Å²) in [5, 5.41) is 0.712. The fourth-order valence-electron chi connectivity index (χ4n) is 3.94. The lowest BCUT2D eigenvalue weighted by molar-refractivity contribution is -0.135. The normalized spacial score (nSPS) is 22.0. The van der Waals surface area contributed by atoms with Crippen LogP contribution < -0.4 is 0 Å². The molecule has 2 fully saturated rings. The molecule has 1 aromatic heterocycles. The largest absolute Gasteiger partial charge is 0.378 e. The Morgan fingerprint density at radius 1 is 1.27 bits per heavy atom. The molecule has 1 N–H and O–H groups in total. The minimum atomic E-state index is 0.231. The number of carbonyl (C=O) groups is 1. The van der Waals surface area contributed by atoms with Crippen molar-refractivity contribution in [2.75, 3.05) is 39.4 Å². The Morgan fingerprint density at radius 3 is 2.96 bits per heavy atom. The summed E-state index contributed by atoms with van der Waals surface area (Å²) >= 11 is 6.09. The third-order valence-corrected chi connectivity index (χ3v) is 5.60. The van der Waals surface area contributed by atoms with Gasteiger partial charge < -0.3 is 14.6 Å². The molecule has 1 amide bonds. The minimum Gasteiger partial charge on any atom is -0.378 e. The number of hydrogen-bond donors (Lipinski definition) is 1. The third kappa shape index (κ3) is 3.87. The summed E-state index contributed by atoms with van der Waals surface area (Å²) in [5.74, 6) is 1.22. The Labute approximate surface area is 158 Å². The van der Waals surface area contributed by atoms with E-state index in [1.54, 1.807) is 0 Å². The maximum atomic E-state index is 12.5. The first-order valence-electron chi connectivity index (χ1n) is 9.45. The first kappa shape index (κ1) is 17.8. The first-order chi connectivity index (χ1) is 12.7. The zero-order chi connectivity index (χ0) is 17.9. The molecule has 0 saturated carbocycles. The van der Waals surface area contributed by atoms with E-state index < -0.39 is 0 Å². The van der Waals surface area contributed by atoms with E-state index in [4.69, 9.17) is 21.3 Å². The second-order valence-electron chi connectivity index (χ2n) is 7.07. The number of rotatable bonds is 4. The zero-order valence-electron chi connectivity index (χ0n) is 14.9. The zero-order valence-corrected chi connectivity index (χ0v) is 15.7. The van der Waals surface area contributed by atoms with Crippen LogP contribution in [0.5, 0.6) is 0 Å². The number of halogens is 1. The van der Waals surface area contributed by atoms with Gasteiger partial charge in [0.1, 0.15) is 5.82 Å². The second-order valence-corrected chi connectivity index (χ2v) is 7.51. The van der Waals surface area contributed by atoms with Gasteiger partial charge in [0.15, 0.2) is 0 Å². The highest BCUT2D eigenvalue weighted by Gasteiger charge is 2.27. The van der Waals surface area contributed by atoms with Gasteiger partial charge >= 0.3 is 0 Å². The molecule has 0 aliphatic carbocycles. The highest BCUT2D eigenvalue weighted by atomic mass is 35.5. The van der Waals surface area contributed by atoms with Gasteiger partial charge in [-0.3, -0.25) is 9.69 Å². The molecule has 7 heteroatoms. The summed E-state index contributed by atoms with van der Waals surface area (Å²) in [6.45, 7) is 4.52. The molecule has 0 radical (unpaired) electrons. The van der Waals surface area contributed by atoms with Crippen molar-refractivity contribution in [1.82, 2.24) is 19.8 Å². The second kappa shape index (κ2) is 7.94. The maximum absolute atomic E-state index is 12.5. The molecule has 0 spiro atoms. The van der Waals surface area contributed by atoms with E-state index in [-0.39, 0.29) is 11.9 Å². The lowest BCUT2D eigenvalue weighted by Crippen LogP contribution is -2.43. The molecule has 3 heterocycles. The molecule has 1 aromatic carbocycles. The van der Waals surface area contributed by atoms with Crippen molar-refractivity contribution < 1.29 is 9.53 Å². The molecule has 1 unspecified atom stereocenters. The number of piperidine rings is 1. The van der Waals surface area contributed by atoms with E-state index in [9.17, 15) is 4.79 Å². The number of likely N-dealkylation sites (tertiary alicyclic amines) is 1. The molecule has 2 saturated heterocycles. The number of amides is 1. The summed E-state index contributed by atoms with van der Waals surface area (Å²) in [4.78, 5) is 25.0. The monoisotopic (exact) mass is 376 g/mol. The molecule has 2 aromatic rings. The molecule has 2 aliphatic rings. The molecular weight excluding hydrogens is 352 g/mol. The Morgan fingerprint density at radius 2 is 2.12 bits per heavy atom. The van der Waals surface area contributed by atoms with Gasteiger partial charge in [0.25, 0.3) is 0 Å². The van der Waals surface area contributed by atoms with E-state index in [1.807, 2.05) is 23.1 Å². The number of aromatic amines is 1. The highest BCUT2D eigenvalue weighted by molar-refractivity contribution is 6.31. The summed E-state index contributed by atoms with van der Waals surface area (Å²) in [6, 6.07) is 5.98. The molecular formula is C19H25ClN4O2. The minimum absolute atomic E-state index is 0.231. The van der Waals surface area contributed by atoms with Crippen molar-refractivity contribution >= 4 is 28.5 Å². The van der Waals surface area contributed by atoms with Crippen LogP contribution in [0.3, 0.4) is 0 Å². The Bertz CT molecular complexity index is 772. The Hall–Kier alpha value is -1.63. The lowest BCUT2D eigenvalue weighted by Gasteiger charge is -2.35. The van der Waals surface area contributed by atoms with Crippen molar-refractivity contribution in [3.63, 3.8) is 0 Å². The van der Waals surface area contributed by atoms with E-state index in [1.165, 1.54) is 12.8 Å². The number of H-pyrrole nitrogens is 1. The molecule has 4 rings (SSSR count). The standard InChI is InChI=1S/C19H25ClN4O2/c20-14-4-5-15-16(13-14)22-19(21-15)17-3-1-2-7-23(17)8-6-18(25)24-9-11-26-12-10-24/h4-5,13,17H,1-3,6-12H2,(H,21,22). The third-order valence-electron chi connectivity index (χ3n) is 5.37. The van der Waals surface area contributed by atoms with Crippen molar-refractivity contribution in [3.8, 4) is 0 Å². The van der Waals surface area contributed by atoms with Crippen LogP contribution in [0.1, 0.15) is 37.5 Å². The van der Waals surface area contributed by atoms with Crippen LogP contribution in [0.4, 0.5) is 0 Å². The number of imidazole rings is 1. The average molecular weight is 377 g/mol. The van der Waals surface area contributed by atoms with Crippen molar-refractivity contribution in [2.24, 2.45) is 0 Å². The van der Waals surface area contributed by atoms with Crippen LogP contribution in [0.2, 0.25) is 5.02 Å². The van der Waals surface area contributed by atoms with Crippen molar-refractivity contribution in [3.05, 3.63) is 29.0 Å². The summed E-state index contributed by atoms with van der Waals surface area (Å²) in [7, 11) is 0. The fraction of sp³-hybridized carbons (Fsp3) is 0.579. The van der Waals surface area contributed by atoms with Gasteiger partial charge in [0.2, 0.25) is 5.91 Å². The number of carbonyl (C=O) groups excluding carboxylic acids is 1. The van der Waals surface area contributed by atoms with Gasteiger partial charge in [-0.1, -0.05) is 18.0 Å². The molecule has 6 nitrogen and oxygen atoms in total. The number of ether oxygens (including phenoxy) is 1. The van der Waals surface area contributed by atoms with Gasteiger partial charge in [-0.05, 0) is 37.6 Å². The van der Waals surface area contributed by atoms with Crippen LogP contribution in [-0.2, 0) is 9.53 Å². The average Bonchev–Trinajstić information content (AvgIpc) is 3.10. The number of nitrogens with one attached hydrogen (secondary N) is 1. The maximum Gasteiger partial charge on any atom is 0.224 e. The summed E-state index contributed by atoms with van der Waals surface area (Å²) in [6.07, 6.45) is 3.99. The predicted octanol–water partition coefficient (Wildman–Crippen LogP) is 2.99. The summed E-state index contributed by atoms with van der Waals surface area (Å²) < 4.78 is 5.33. The van der Waals surface area contributed by atoms with Gasteiger partial charge in [0, 0.05) is 31.1 Å². The predicted molar refractivity (Wildman–Crippen MR) is 101 cm³/mol. The SMILES string of the molecule is O=C(CCN1CCCCC1c1nc2ccc(Cl)cc2[nH]1)N1CCOCC1. The van der Waals surface area contributed by atoms with E-state index in [0.717, 1.165) is 36.4 Å². The fourth-order valence-corrected chi connectivity index (χ4v) is 4.11. The van der Waals surface area contributed by atoms with Gasteiger partial charge in [-0.15, -0.1) is 0 Å². The van der Waals surface area contributed by atoms with Crippen LogP contribution in [0.25, 0.3) is 11.0 Å². The number of aromatic nitrogens is 2. The van der Waals surface area contributed by atoms with E-state index in [0.29, 0.717) is 37.7 Å². The van der Waals surface area contributed by atoms with Gasteiger partial charge in [0.05, 0.1) is 30.3 Å². The lowest BCUT2D eigenvalue weighted by atomic mass is 10.0. The van der Waals surface area contributed by atoms with Gasteiger partial charge in [-0.2, -0.15) is 0 Å². The Balaban J connectivity index is 1.44. The topological polar surface area (TPSA) is 61.5 Å². The van der Waals surface area contributed by atoms with Crippen LogP contribution >= 0.6 is 11.6 Å². The number of morpholine rings is 1. The van der Waals surface area contributed by atoms with Crippen LogP contribution in [-0.4, -0.2) is 65.1 Å². The molecule has 26 heavy (non-hydrogen) atoms. The van der Waals surface area contributed by atoms with Crippen molar-refractivity contribution in [2.45, 2.75) is 31.7 Å². The first-order valence-corrected chi connectivity index (χ1v) is 9.83. The molecule has 2 aliphatic heterocycles. The van der Waals surface area contributed by atoms with Crippen molar-refractivity contribution in [1.29, 1.82) is 0 Å². The van der Waals surface area contributed by atoms with E-state index >= 15 is 0 Å². The molecule has 140 valence electrons. The van der Waals surface area contributed by atoms with Crippen LogP contribution in [0, 0.1) is 0 Å². The van der Waals surface area contributed by atoms with Gasteiger partial charge in [-0.25, -0.2) is 4.98 Å². The number of hydrogen-bond acceptors (Lipinski definition) is 4. The number of fused-ring (bicyclic) bond motifs is 1. The van der Waals surface area contributed by atoms with E-state index in [2.05, 4.69) is 9.88 Å².